The maximum Gasteiger partial charge on any atom is 0.256 e. The number of amides is 1. The average molecular weight is 399 g/mol. The van der Waals surface area contributed by atoms with Crippen molar-refractivity contribution in [2.24, 2.45) is 5.92 Å². The summed E-state index contributed by atoms with van der Waals surface area (Å²) < 4.78 is 12.1. The van der Waals surface area contributed by atoms with Crippen LogP contribution in [0.4, 0.5) is 5.69 Å². The summed E-state index contributed by atoms with van der Waals surface area (Å²) >= 11 is 0. The van der Waals surface area contributed by atoms with Gasteiger partial charge in [0.2, 0.25) is 0 Å². The third kappa shape index (κ3) is 5.08. The van der Waals surface area contributed by atoms with E-state index in [2.05, 4.69) is 31.1 Å². The number of pyridine rings is 1. The second-order valence-corrected chi connectivity index (χ2v) is 8.21. The molecule has 5 heteroatoms. The summed E-state index contributed by atoms with van der Waals surface area (Å²) in [5, 5.41) is 4.05. The van der Waals surface area contributed by atoms with E-state index in [-0.39, 0.29) is 5.91 Å². The molecule has 0 radical (unpaired) electrons. The van der Waals surface area contributed by atoms with Crippen molar-refractivity contribution in [3.05, 3.63) is 30.5 Å². The molecule has 1 heterocycles. The van der Waals surface area contributed by atoms with E-state index < -0.39 is 5.60 Å². The van der Waals surface area contributed by atoms with Crippen LogP contribution in [0.2, 0.25) is 0 Å². The van der Waals surface area contributed by atoms with Crippen LogP contribution in [0.25, 0.3) is 10.9 Å². The van der Waals surface area contributed by atoms with Crippen LogP contribution in [0.15, 0.2) is 30.5 Å². The molecular formula is C24H34N2O3. The molecule has 1 aromatic carbocycles. The fourth-order valence-electron chi connectivity index (χ4n) is 4.14. The lowest BCUT2D eigenvalue weighted by molar-refractivity contribution is -0.148. The first-order chi connectivity index (χ1) is 14.1. The molecule has 5 nitrogen and oxygen atoms in total. The Kier molecular flexibility index (Phi) is 7.48. The largest absolute Gasteiger partial charge is 0.491 e. The van der Waals surface area contributed by atoms with E-state index in [1.54, 1.807) is 6.20 Å². The highest BCUT2D eigenvalue weighted by Crippen LogP contribution is 2.37. The highest BCUT2D eigenvalue weighted by Gasteiger charge is 2.42. The molecule has 1 saturated carbocycles. The molecule has 2 unspecified atom stereocenters. The fraction of sp³-hybridized carbons (Fsp3) is 0.583. The van der Waals surface area contributed by atoms with Crippen LogP contribution in [0.3, 0.4) is 0 Å². The number of rotatable bonds is 9. The number of ether oxygens (including phenoxy) is 2. The number of unbranched alkanes of at least 4 members (excludes halogenated alkanes) is 1. The zero-order valence-electron chi connectivity index (χ0n) is 18.0. The molecule has 1 amide bonds. The Morgan fingerprint density at radius 1 is 1.24 bits per heavy atom. The Morgan fingerprint density at radius 2 is 2.10 bits per heavy atom. The second kappa shape index (κ2) is 10.1. The van der Waals surface area contributed by atoms with Gasteiger partial charge in [-0.3, -0.25) is 9.78 Å². The number of hydrogen-bond acceptors (Lipinski definition) is 4. The first-order valence-corrected chi connectivity index (χ1v) is 11.1. The zero-order valence-corrected chi connectivity index (χ0v) is 18.0. The Balaban J connectivity index is 1.86. The van der Waals surface area contributed by atoms with E-state index in [9.17, 15) is 4.79 Å². The number of nitrogens with one attached hydrogen (secondary N) is 1. The standard InChI is InChI=1S/C24H34N2O3/c1-4-6-16-28-21-12-11-20(19-10-8-14-25-22(19)21)26-23(27)24(29-15-5-2)13-7-9-18(3)17-24/h8,10-12,14,18H,4-7,9,13,15-17H2,1-3H3,(H,26,27). The lowest BCUT2D eigenvalue weighted by Crippen LogP contribution is -2.48. The number of fused-ring (bicyclic) bond motifs is 1. The molecule has 0 saturated heterocycles. The fourth-order valence-corrected chi connectivity index (χ4v) is 4.14. The molecule has 29 heavy (non-hydrogen) atoms. The van der Waals surface area contributed by atoms with Crippen LogP contribution in [0.5, 0.6) is 5.75 Å². The van der Waals surface area contributed by atoms with E-state index >= 15 is 0 Å². The lowest BCUT2D eigenvalue weighted by Gasteiger charge is -2.38. The van der Waals surface area contributed by atoms with Gasteiger partial charge in [-0.1, -0.05) is 33.6 Å². The Hall–Kier alpha value is -2.14. The summed E-state index contributed by atoms with van der Waals surface area (Å²) in [5.74, 6) is 1.21. The van der Waals surface area contributed by atoms with Crippen LogP contribution >= 0.6 is 0 Å². The molecule has 3 rings (SSSR count). The van der Waals surface area contributed by atoms with E-state index in [1.807, 2.05) is 24.3 Å². The minimum absolute atomic E-state index is 0.0395. The number of hydrogen-bond donors (Lipinski definition) is 1. The molecule has 158 valence electrons. The van der Waals surface area contributed by atoms with Gasteiger partial charge < -0.3 is 14.8 Å². The van der Waals surface area contributed by atoms with Gasteiger partial charge in [-0.05, 0) is 62.3 Å². The average Bonchev–Trinajstić information content (AvgIpc) is 2.74. The Bertz CT molecular complexity index is 823. The normalized spacial score (nSPS) is 21.8. The maximum absolute atomic E-state index is 13.4. The number of anilines is 1. The summed E-state index contributed by atoms with van der Waals surface area (Å²) in [6.45, 7) is 7.69. The summed E-state index contributed by atoms with van der Waals surface area (Å²) in [6, 6.07) is 7.69. The van der Waals surface area contributed by atoms with Crippen LogP contribution in [-0.4, -0.2) is 29.7 Å². The molecule has 0 bridgehead atoms. The van der Waals surface area contributed by atoms with Crippen molar-refractivity contribution in [3.8, 4) is 5.75 Å². The van der Waals surface area contributed by atoms with Gasteiger partial charge in [0.25, 0.3) is 5.91 Å². The topological polar surface area (TPSA) is 60.5 Å². The summed E-state index contributed by atoms with van der Waals surface area (Å²) in [7, 11) is 0. The number of carbonyl (C=O) groups excluding carboxylic acids is 1. The van der Waals surface area contributed by atoms with E-state index in [4.69, 9.17) is 9.47 Å². The zero-order chi connectivity index (χ0) is 20.7. The minimum Gasteiger partial charge on any atom is -0.491 e. The first-order valence-electron chi connectivity index (χ1n) is 11.1. The minimum atomic E-state index is -0.738. The van der Waals surface area contributed by atoms with Crippen molar-refractivity contribution < 1.29 is 14.3 Å². The molecular weight excluding hydrogens is 364 g/mol. The molecule has 2 aromatic rings. The van der Waals surface area contributed by atoms with Crippen molar-refractivity contribution in [1.82, 2.24) is 4.98 Å². The smallest absolute Gasteiger partial charge is 0.256 e. The lowest BCUT2D eigenvalue weighted by atomic mass is 9.78. The molecule has 1 aliphatic carbocycles. The van der Waals surface area contributed by atoms with Gasteiger partial charge in [-0.25, -0.2) is 0 Å². The quantitative estimate of drug-likeness (QED) is 0.548. The van der Waals surface area contributed by atoms with E-state index in [0.717, 1.165) is 67.3 Å². The Morgan fingerprint density at radius 3 is 2.86 bits per heavy atom. The van der Waals surface area contributed by atoms with Gasteiger partial charge in [-0.15, -0.1) is 0 Å². The molecule has 1 fully saturated rings. The number of nitrogens with zero attached hydrogens (tertiary/aromatic N) is 1. The number of benzene rings is 1. The van der Waals surface area contributed by atoms with Crippen molar-refractivity contribution in [3.63, 3.8) is 0 Å². The number of carbonyl (C=O) groups is 1. The highest BCUT2D eigenvalue weighted by atomic mass is 16.5. The molecule has 0 spiro atoms. The van der Waals surface area contributed by atoms with Gasteiger partial charge in [-0.2, -0.15) is 0 Å². The molecule has 0 aliphatic heterocycles. The van der Waals surface area contributed by atoms with Crippen LogP contribution in [0.1, 0.15) is 65.7 Å². The molecule has 1 N–H and O–H groups in total. The Labute approximate surface area is 174 Å². The summed E-state index contributed by atoms with van der Waals surface area (Å²) in [6.07, 6.45) is 8.46. The van der Waals surface area contributed by atoms with E-state index in [0.29, 0.717) is 19.1 Å². The first kappa shape index (κ1) is 21.6. The number of aromatic nitrogens is 1. The molecule has 1 aromatic heterocycles. The predicted octanol–water partition coefficient (Wildman–Crippen LogP) is 5.73. The van der Waals surface area contributed by atoms with Gasteiger partial charge in [0, 0.05) is 18.2 Å². The highest BCUT2D eigenvalue weighted by molar-refractivity contribution is 6.05. The van der Waals surface area contributed by atoms with Crippen LogP contribution in [0, 0.1) is 5.92 Å². The van der Waals surface area contributed by atoms with Crippen molar-refractivity contribution in [1.29, 1.82) is 0 Å². The van der Waals surface area contributed by atoms with Gasteiger partial charge in [0.15, 0.2) is 0 Å². The van der Waals surface area contributed by atoms with Gasteiger partial charge >= 0.3 is 0 Å². The predicted molar refractivity (Wildman–Crippen MR) is 117 cm³/mol. The molecule has 1 aliphatic rings. The van der Waals surface area contributed by atoms with Gasteiger partial charge in [0.05, 0.1) is 12.3 Å². The van der Waals surface area contributed by atoms with Crippen LogP contribution < -0.4 is 10.1 Å². The molecule has 2 atom stereocenters. The van der Waals surface area contributed by atoms with Gasteiger partial charge in [0.1, 0.15) is 16.9 Å². The van der Waals surface area contributed by atoms with Crippen molar-refractivity contribution >= 4 is 22.5 Å². The summed E-state index contributed by atoms with van der Waals surface area (Å²) in [5.41, 5.74) is 0.805. The monoisotopic (exact) mass is 398 g/mol. The van der Waals surface area contributed by atoms with E-state index in [1.165, 1.54) is 0 Å². The second-order valence-electron chi connectivity index (χ2n) is 8.21. The SMILES string of the molecule is CCCCOc1ccc(NC(=O)C2(OCCC)CCCC(C)C2)c2cccnc12. The van der Waals surface area contributed by atoms with Crippen molar-refractivity contribution in [2.75, 3.05) is 18.5 Å². The summed E-state index contributed by atoms with van der Waals surface area (Å²) in [4.78, 5) is 17.9. The third-order valence-corrected chi connectivity index (χ3v) is 5.69. The van der Waals surface area contributed by atoms with Crippen LogP contribution in [-0.2, 0) is 9.53 Å². The van der Waals surface area contributed by atoms with Crippen molar-refractivity contribution in [2.45, 2.75) is 71.3 Å². The maximum atomic E-state index is 13.4. The third-order valence-electron chi connectivity index (χ3n) is 5.69.